The quantitative estimate of drug-likeness (QED) is 0.596. The standard InChI is InChI=1S/C19H19F6N3O2S/c1-9(2)15(27-10(3)29)16(30)28-17-26-8-14(31-17)6-11-4-12(18(20,21)22)7-13(5-11)19(23,24)25/h4-5,7-9,15H,6H2,1-3H3,(H,27,29)(H,26,28,30). The highest BCUT2D eigenvalue weighted by atomic mass is 32.1. The average Bonchev–Trinajstić information content (AvgIpc) is 3.04. The molecule has 170 valence electrons. The molecule has 1 heterocycles. The highest BCUT2D eigenvalue weighted by Crippen LogP contribution is 2.37. The number of hydrogen-bond donors (Lipinski definition) is 2. The van der Waals surface area contributed by atoms with E-state index in [4.69, 9.17) is 0 Å². The molecule has 1 atom stereocenters. The van der Waals surface area contributed by atoms with Gasteiger partial charge in [-0.1, -0.05) is 13.8 Å². The van der Waals surface area contributed by atoms with Crippen LogP contribution in [0.5, 0.6) is 0 Å². The van der Waals surface area contributed by atoms with Crippen LogP contribution in [-0.4, -0.2) is 22.8 Å². The minimum atomic E-state index is -4.93. The maximum atomic E-state index is 13.0. The first-order valence-electron chi connectivity index (χ1n) is 8.98. The number of benzene rings is 1. The van der Waals surface area contributed by atoms with E-state index < -0.39 is 41.3 Å². The lowest BCUT2D eigenvalue weighted by Gasteiger charge is -2.20. The summed E-state index contributed by atoms with van der Waals surface area (Å²) in [6, 6.07) is 0.538. The van der Waals surface area contributed by atoms with Crippen LogP contribution in [0.25, 0.3) is 0 Å². The first-order chi connectivity index (χ1) is 14.2. The number of carbonyl (C=O) groups excluding carboxylic acids is 2. The zero-order valence-corrected chi connectivity index (χ0v) is 17.4. The van der Waals surface area contributed by atoms with Crippen molar-refractivity contribution in [1.29, 1.82) is 0 Å². The van der Waals surface area contributed by atoms with Crippen molar-refractivity contribution in [2.45, 2.75) is 45.6 Å². The fourth-order valence-corrected chi connectivity index (χ4v) is 3.56. The van der Waals surface area contributed by atoms with E-state index in [-0.39, 0.29) is 29.1 Å². The van der Waals surface area contributed by atoms with Gasteiger partial charge in [-0.15, -0.1) is 11.3 Å². The highest BCUT2D eigenvalue weighted by molar-refractivity contribution is 7.15. The van der Waals surface area contributed by atoms with Gasteiger partial charge < -0.3 is 10.6 Å². The van der Waals surface area contributed by atoms with Crippen LogP contribution in [0.4, 0.5) is 31.5 Å². The molecule has 0 saturated carbocycles. The van der Waals surface area contributed by atoms with Crippen molar-refractivity contribution >= 4 is 28.3 Å². The topological polar surface area (TPSA) is 71.1 Å². The third-order valence-electron chi connectivity index (χ3n) is 4.12. The van der Waals surface area contributed by atoms with Gasteiger partial charge in [0, 0.05) is 24.4 Å². The number of halogens is 6. The molecule has 0 aliphatic rings. The van der Waals surface area contributed by atoms with Gasteiger partial charge in [-0.2, -0.15) is 26.3 Å². The number of rotatable bonds is 6. The van der Waals surface area contributed by atoms with E-state index in [1.54, 1.807) is 13.8 Å². The highest BCUT2D eigenvalue weighted by Gasteiger charge is 2.37. The van der Waals surface area contributed by atoms with Crippen LogP contribution in [0.3, 0.4) is 0 Å². The fraction of sp³-hybridized carbons (Fsp3) is 0.421. The number of carbonyl (C=O) groups is 2. The van der Waals surface area contributed by atoms with Crippen LogP contribution in [-0.2, 0) is 28.4 Å². The summed E-state index contributed by atoms with van der Waals surface area (Å²) in [4.78, 5) is 27.9. The van der Waals surface area contributed by atoms with E-state index in [9.17, 15) is 35.9 Å². The summed E-state index contributed by atoms with van der Waals surface area (Å²) in [6.07, 6.45) is -8.84. The lowest BCUT2D eigenvalue weighted by molar-refractivity contribution is -0.143. The molecule has 0 spiro atoms. The molecule has 1 aromatic carbocycles. The van der Waals surface area contributed by atoms with Crippen LogP contribution < -0.4 is 10.6 Å². The Bertz CT molecular complexity index is 921. The molecule has 31 heavy (non-hydrogen) atoms. The van der Waals surface area contributed by atoms with E-state index in [2.05, 4.69) is 15.6 Å². The molecule has 0 aliphatic heterocycles. The SMILES string of the molecule is CC(=O)NC(C(=O)Nc1ncc(Cc2cc(C(F)(F)F)cc(C(F)(F)F)c2)s1)C(C)C. The summed E-state index contributed by atoms with van der Waals surface area (Å²) in [5.74, 6) is -1.17. The zero-order valence-electron chi connectivity index (χ0n) is 16.6. The maximum absolute atomic E-state index is 13.0. The Hall–Kier alpha value is -2.63. The summed E-state index contributed by atoms with van der Waals surface area (Å²) in [7, 11) is 0. The van der Waals surface area contributed by atoms with Gasteiger partial charge in [-0.3, -0.25) is 9.59 Å². The van der Waals surface area contributed by atoms with Crippen LogP contribution in [0.1, 0.15) is 42.3 Å². The molecule has 2 amide bonds. The van der Waals surface area contributed by atoms with Gasteiger partial charge in [0.05, 0.1) is 11.1 Å². The summed E-state index contributed by atoms with van der Waals surface area (Å²) in [6.45, 7) is 4.70. The maximum Gasteiger partial charge on any atom is 0.416 e. The molecule has 5 nitrogen and oxygen atoms in total. The molecule has 1 aromatic heterocycles. The molecule has 0 bridgehead atoms. The number of anilines is 1. The second-order valence-corrected chi connectivity index (χ2v) is 8.25. The van der Waals surface area contributed by atoms with Crippen molar-refractivity contribution in [3.05, 3.63) is 46.0 Å². The van der Waals surface area contributed by atoms with Crippen molar-refractivity contribution in [3.8, 4) is 0 Å². The summed E-state index contributed by atoms with van der Waals surface area (Å²) in [5.41, 5.74) is -2.99. The first-order valence-corrected chi connectivity index (χ1v) is 9.79. The summed E-state index contributed by atoms with van der Waals surface area (Å²) < 4.78 is 78.0. The van der Waals surface area contributed by atoms with Crippen molar-refractivity contribution in [2.24, 2.45) is 5.92 Å². The molecule has 2 rings (SSSR count). The zero-order chi connectivity index (χ0) is 23.6. The number of nitrogens with one attached hydrogen (secondary N) is 2. The number of aromatic nitrogens is 1. The Morgan fingerprint density at radius 1 is 1.03 bits per heavy atom. The minimum absolute atomic E-state index is 0.0654. The first kappa shape index (κ1) is 24.6. The van der Waals surface area contributed by atoms with E-state index in [1.165, 1.54) is 13.1 Å². The van der Waals surface area contributed by atoms with Crippen molar-refractivity contribution < 1.29 is 35.9 Å². The second kappa shape index (κ2) is 9.25. The molecule has 2 N–H and O–H groups in total. The molecule has 0 radical (unpaired) electrons. The van der Waals surface area contributed by atoms with Gasteiger partial charge in [-0.05, 0) is 29.7 Å². The number of hydrogen-bond acceptors (Lipinski definition) is 4. The Labute approximate surface area is 177 Å². The molecule has 0 aliphatic carbocycles. The van der Waals surface area contributed by atoms with Crippen LogP contribution in [0.15, 0.2) is 24.4 Å². The van der Waals surface area contributed by atoms with Gasteiger partial charge in [0.1, 0.15) is 6.04 Å². The molecule has 0 saturated heterocycles. The smallest absolute Gasteiger partial charge is 0.344 e. The largest absolute Gasteiger partial charge is 0.416 e. The third-order valence-corrected chi connectivity index (χ3v) is 5.03. The average molecular weight is 467 g/mol. The minimum Gasteiger partial charge on any atom is -0.344 e. The van der Waals surface area contributed by atoms with Crippen LogP contribution in [0.2, 0.25) is 0 Å². The van der Waals surface area contributed by atoms with Crippen molar-refractivity contribution in [2.75, 3.05) is 5.32 Å². The van der Waals surface area contributed by atoms with Gasteiger partial charge in [0.25, 0.3) is 0 Å². The number of nitrogens with zero attached hydrogens (tertiary/aromatic N) is 1. The van der Waals surface area contributed by atoms with Gasteiger partial charge >= 0.3 is 12.4 Å². The van der Waals surface area contributed by atoms with Crippen molar-refractivity contribution in [3.63, 3.8) is 0 Å². The monoisotopic (exact) mass is 467 g/mol. The number of amides is 2. The lowest BCUT2D eigenvalue weighted by atomic mass is 10.0. The molecular formula is C19H19F6N3O2S. The van der Waals surface area contributed by atoms with Gasteiger partial charge in [0.2, 0.25) is 11.8 Å². The van der Waals surface area contributed by atoms with E-state index >= 15 is 0 Å². The molecule has 0 fully saturated rings. The molecule has 2 aromatic rings. The Morgan fingerprint density at radius 3 is 2.03 bits per heavy atom. The molecular weight excluding hydrogens is 448 g/mol. The lowest BCUT2D eigenvalue weighted by Crippen LogP contribution is -2.46. The Kier molecular flexibility index (Phi) is 7.35. The fourth-order valence-electron chi connectivity index (χ4n) is 2.71. The van der Waals surface area contributed by atoms with Gasteiger partial charge in [-0.25, -0.2) is 4.98 Å². The number of alkyl halides is 6. The molecule has 12 heteroatoms. The van der Waals surface area contributed by atoms with E-state index in [0.29, 0.717) is 17.0 Å². The van der Waals surface area contributed by atoms with Crippen molar-refractivity contribution in [1.82, 2.24) is 10.3 Å². The van der Waals surface area contributed by atoms with Gasteiger partial charge in [0.15, 0.2) is 5.13 Å². The third kappa shape index (κ3) is 6.94. The summed E-state index contributed by atoms with van der Waals surface area (Å²) in [5, 5.41) is 5.11. The van der Waals surface area contributed by atoms with Crippen LogP contribution in [0, 0.1) is 5.92 Å². The predicted molar refractivity (Wildman–Crippen MR) is 102 cm³/mol. The van der Waals surface area contributed by atoms with E-state index in [1.807, 2.05) is 0 Å². The molecule has 1 unspecified atom stereocenters. The predicted octanol–water partition coefficient (Wildman–Crippen LogP) is 4.87. The normalized spacial score (nSPS) is 13.2. The number of thiazole rings is 1. The Balaban J connectivity index is 2.22. The Morgan fingerprint density at radius 2 is 1.58 bits per heavy atom. The van der Waals surface area contributed by atoms with Crippen LogP contribution >= 0.6 is 11.3 Å². The van der Waals surface area contributed by atoms with E-state index in [0.717, 1.165) is 11.3 Å². The summed E-state index contributed by atoms with van der Waals surface area (Å²) >= 11 is 0.912. The second-order valence-electron chi connectivity index (χ2n) is 7.13.